The van der Waals surface area contributed by atoms with Crippen molar-refractivity contribution in [2.45, 2.75) is 0 Å². The first-order chi connectivity index (χ1) is 10.9. The monoisotopic (exact) mass is 283 g/mol. The van der Waals surface area contributed by atoms with Crippen LogP contribution in [0.1, 0.15) is 0 Å². The molecule has 0 aliphatic rings. The van der Waals surface area contributed by atoms with E-state index in [1.807, 2.05) is 18.2 Å². The molecule has 0 aliphatic heterocycles. The Morgan fingerprint density at radius 2 is 1.32 bits per heavy atom. The van der Waals surface area contributed by atoms with Crippen molar-refractivity contribution in [2.75, 3.05) is 0 Å². The Balaban J connectivity index is 2.07. The van der Waals surface area contributed by atoms with Crippen LogP contribution in [0.25, 0.3) is 38.7 Å². The third-order valence-corrected chi connectivity index (χ3v) is 4.21. The van der Waals surface area contributed by atoms with Crippen LogP contribution in [0.3, 0.4) is 0 Å². The zero-order chi connectivity index (χ0) is 14.5. The van der Waals surface area contributed by atoms with Crippen molar-refractivity contribution in [1.82, 2.24) is 4.57 Å². The van der Waals surface area contributed by atoms with Gasteiger partial charge in [0.15, 0.2) is 0 Å². The maximum atomic E-state index is 6.19. The molecule has 0 fully saturated rings. The second-order valence-corrected chi connectivity index (χ2v) is 5.47. The minimum Gasteiger partial charge on any atom is -0.439 e. The van der Waals surface area contributed by atoms with Gasteiger partial charge in [0.25, 0.3) is 0 Å². The van der Waals surface area contributed by atoms with E-state index in [4.69, 9.17) is 4.42 Å². The molecular weight excluding hydrogens is 270 g/mol. The third-order valence-electron chi connectivity index (χ3n) is 4.21. The molecule has 5 aromatic rings. The highest BCUT2D eigenvalue weighted by molar-refractivity contribution is 6.19. The van der Waals surface area contributed by atoms with E-state index in [0.717, 1.165) is 17.0 Å². The topological polar surface area (TPSA) is 18.1 Å². The van der Waals surface area contributed by atoms with Crippen molar-refractivity contribution in [3.05, 3.63) is 78.9 Å². The maximum absolute atomic E-state index is 6.19. The lowest BCUT2D eigenvalue weighted by Crippen LogP contribution is -1.91. The molecule has 2 nitrogen and oxygen atoms in total. The Morgan fingerprint density at radius 1 is 0.636 bits per heavy atom. The first kappa shape index (κ1) is 11.6. The first-order valence-corrected chi connectivity index (χ1v) is 7.39. The fraction of sp³-hybridized carbons (Fsp3) is 0. The van der Waals surface area contributed by atoms with Crippen molar-refractivity contribution in [1.29, 1.82) is 0 Å². The number of aromatic nitrogens is 1. The summed E-state index contributed by atoms with van der Waals surface area (Å²) in [4.78, 5) is 0. The lowest BCUT2D eigenvalue weighted by Gasteiger charge is -2.05. The van der Waals surface area contributed by atoms with Gasteiger partial charge in [-0.15, -0.1) is 0 Å². The van der Waals surface area contributed by atoms with Crippen LogP contribution in [0.5, 0.6) is 0 Å². The van der Waals surface area contributed by atoms with Gasteiger partial charge in [-0.2, -0.15) is 0 Å². The Hall–Kier alpha value is -3.00. The smallest absolute Gasteiger partial charge is 0.213 e. The molecule has 2 aromatic heterocycles. The SMILES string of the molecule is c1ccc(-n2c3ccccc3c3c4ccccc4oc32)cc1. The Bertz CT molecular complexity index is 1120. The van der Waals surface area contributed by atoms with Crippen molar-refractivity contribution in [3.63, 3.8) is 0 Å². The summed E-state index contributed by atoms with van der Waals surface area (Å²) in [5.41, 5.74) is 4.14. The van der Waals surface area contributed by atoms with Crippen LogP contribution < -0.4 is 0 Å². The zero-order valence-corrected chi connectivity index (χ0v) is 11.9. The van der Waals surface area contributed by atoms with Crippen LogP contribution in [0.4, 0.5) is 0 Å². The second kappa shape index (κ2) is 4.25. The van der Waals surface area contributed by atoms with Gasteiger partial charge in [-0.05, 0) is 24.3 Å². The lowest BCUT2D eigenvalue weighted by molar-refractivity contribution is 0.645. The molecule has 0 saturated carbocycles. The molecular formula is C20H13NO. The van der Waals surface area contributed by atoms with E-state index in [-0.39, 0.29) is 0 Å². The van der Waals surface area contributed by atoms with Crippen molar-refractivity contribution >= 4 is 33.0 Å². The number of hydrogen-bond acceptors (Lipinski definition) is 1. The summed E-state index contributed by atoms with van der Waals surface area (Å²) in [7, 11) is 0. The van der Waals surface area contributed by atoms with Crippen LogP contribution in [-0.2, 0) is 0 Å². The van der Waals surface area contributed by atoms with Gasteiger partial charge < -0.3 is 4.42 Å². The number of benzene rings is 3. The summed E-state index contributed by atoms with van der Waals surface area (Å²) in [6.45, 7) is 0. The largest absolute Gasteiger partial charge is 0.439 e. The summed E-state index contributed by atoms with van der Waals surface area (Å²) in [5.74, 6) is 0. The molecule has 0 saturated heterocycles. The van der Waals surface area contributed by atoms with Gasteiger partial charge in [0.2, 0.25) is 5.71 Å². The summed E-state index contributed by atoms with van der Waals surface area (Å²) < 4.78 is 8.39. The fourth-order valence-corrected chi connectivity index (χ4v) is 3.27. The highest BCUT2D eigenvalue weighted by atomic mass is 16.3. The highest BCUT2D eigenvalue weighted by Crippen LogP contribution is 2.38. The maximum Gasteiger partial charge on any atom is 0.213 e. The Kier molecular flexibility index (Phi) is 2.25. The number of nitrogens with zero attached hydrogens (tertiary/aromatic N) is 1. The van der Waals surface area contributed by atoms with Crippen LogP contribution in [0, 0.1) is 0 Å². The van der Waals surface area contributed by atoms with Crippen LogP contribution in [0.2, 0.25) is 0 Å². The molecule has 0 radical (unpaired) electrons. The Morgan fingerprint density at radius 3 is 2.18 bits per heavy atom. The number of furan rings is 1. The number of fused-ring (bicyclic) bond motifs is 5. The third kappa shape index (κ3) is 1.44. The molecule has 0 N–H and O–H groups in total. The lowest BCUT2D eigenvalue weighted by atomic mass is 10.1. The van der Waals surface area contributed by atoms with Crippen molar-refractivity contribution in [3.8, 4) is 5.69 Å². The molecule has 3 aromatic carbocycles. The molecule has 2 heterocycles. The van der Waals surface area contributed by atoms with Gasteiger partial charge in [-0.25, -0.2) is 0 Å². The summed E-state index contributed by atoms with van der Waals surface area (Å²) in [6, 6.07) is 27.1. The normalized spacial score (nSPS) is 11.6. The fourth-order valence-electron chi connectivity index (χ4n) is 3.27. The number of rotatable bonds is 1. The van der Waals surface area contributed by atoms with Crippen LogP contribution >= 0.6 is 0 Å². The van der Waals surface area contributed by atoms with Crippen molar-refractivity contribution < 1.29 is 4.42 Å². The minimum absolute atomic E-state index is 0.911. The van der Waals surface area contributed by atoms with Gasteiger partial charge in [0, 0.05) is 16.5 Å². The highest BCUT2D eigenvalue weighted by Gasteiger charge is 2.18. The van der Waals surface area contributed by atoms with E-state index < -0.39 is 0 Å². The molecule has 0 unspecified atom stereocenters. The molecule has 0 amide bonds. The quantitative estimate of drug-likeness (QED) is 0.395. The van der Waals surface area contributed by atoms with E-state index >= 15 is 0 Å². The summed E-state index contributed by atoms with van der Waals surface area (Å²) in [6.07, 6.45) is 0. The van der Waals surface area contributed by atoms with E-state index in [9.17, 15) is 0 Å². The van der Waals surface area contributed by atoms with Crippen molar-refractivity contribution in [2.24, 2.45) is 0 Å². The molecule has 0 atom stereocenters. The molecule has 104 valence electrons. The Labute approximate surface area is 127 Å². The van der Waals surface area contributed by atoms with E-state index in [1.165, 1.54) is 21.7 Å². The van der Waals surface area contributed by atoms with Gasteiger partial charge in [0.05, 0.1) is 10.9 Å². The minimum atomic E-state index is 0.911. The summed E-state index contributed by atoms with van der Waals surface area (Å²) in [5, 5.41) is 3.59. The molecule has 22 heavy (non-hydrogen) atoms. The van der Waals surface area contributed by atoms with Crippen LogP contribution in [-0.4, -0.2) is 4.57 Å². The standard InChI is InChI=1S/C20H13NO/c1-2-8-14(9-3-1)21-17-12-6-4-10-15(17)19-16-11-5-7-13-18(16)22-20(19)21/h1-13H. The van der Waals surface area contributed by atoms with Gasteiger partial charge in [-0.3, -0.25) is 4.57 Å². The molecule has 0 aliphatic carbocycles. The molecule has 0 spiro atoms. The number of para-hydroxylation sites is 3. The zero-order valence-electron chi connectivity index (χ0n) is 11.9. The van der Waals surface area contributed by atoms with E-state index in [0.29, 0.717) is 0 Å². The van der Waals surface area contributed by atoms with Gasteiger partial charge in [-0.1, -0.05) is 54.6 Å². The average molecular weight is 283 g/mol. The first-order valence-electron chi connectivity index (χ1n) is 7.39. The van der Waals surface area contributed by atoms with E-state index in [1.54, 1.807) is 0 Å². The van der Waals surface area contributed by atoms with Crippen LogP contribution in [0.15, 0.2) is 83.3 Å². The van der Waals surface area contributed by atoms with Gasteiger partial charge >= 0.3 is 0 Å². The van der Waals surface area contributed by atoms with Gasteiger partial charge in [0.1, 0.15) is 5.58 Å². The predicted octanol–water partition coefficient (Wildman–Crippen LogP) is 5.53. The average Bonchev–Trinajstić information content (AvgIpc) is 3.10. The molecule has 5 rings (SSSR count). The van der Waals surface area contributed by atoms with E-state index in [2.05, 4.69) is 65.2 Å². The summed E-state index contributed by atoms with van der Waals surface area (Å²) >= 11 is 0. The molecule has 0 bridgehead atoms. The second-order valence-electron chi connectivity index (χ2n) is 5.47. The number of hydrogen-bond donors (Lipinski definition) is 0. The molecule has 2 heteroatoms. The predicted molar refractivity (Wildman–Crippen MR) is 90.6 cm³/mol.